The van der Waals surface area contributed by atoms with Crippen molar-refractivity contribution in [1.29, 1.82) is 0 Å². The number of rotatable bonds is 6. The SMILES string of the molecule is CC(=O)OCC(=O)[C@@]1(O)CC[C@@H]2[C@@H]3C[C@H](OC=O)[C@@]4(O)C[C@H](OC(C)=O)CC[C@]4(C)[C@H]3CC[C@@]21C. The molecule has 0 aromatic heterocycles. The Morgan fingerprint density at radius 1 is 0.943 bits per heavy atom. The molecular weight excluding hydrogens is 456 g/mol. The van der Waals surface area contributed by atoms with E-state index in [9.17, 15) is 29.4 Å². The topological polar surface area (TPSA) is 136 Å². The normalized spacial score (nSPS) is 46.4. The van der Waals surface area contributed by atoms with Crippen LogP contribution in [0.5, 0.6) is 0 Å². The van der Waals surface area contributed by atoms with E-state index in [2.05, 4.69) is 0 Å². The minimum absolute atomic E-state index is 0.0159. The van der Waals surface area contributed by atoms with Gasteiger partial charge >= 0.3 is 11.9 Å². The van der Waals surface area contributed by atoms with Crippen LogP contribution in [0.15, 0.2) is 0 Å². The summed E-state index contributed by atoms with van der Waals surface area (Å²) in [7, 11) is 0. The number of aliphatic hydroxyl groups is 2. The van der Waals surface area contributed by atoms with Crippen molar-refractivity contribution in [3.63, 3.8) is 0 Å². The summed E-state index contributed by atoms with van der Waals surface area (Å²) in [5, 5.41) is 23.7. The van der Waals surface area contributed by atoms with Gasteiger partial charge in [0.25, 0.3) is 6.47 Å². The van der Waals surface area contributed by atoms with Crippen LogP contribution in [0.2, 0.25) is 0 Å². The second kappa shape index (κ2) is 8.83. The highest BCUT2D eigenvalue weighted by molar-refractivity contribution is 5.90. The van der Waals surface area contributed by atoms with Crippen LogP contribution in [0.3, 0.4) is 0 Å². The molecule has 0 saturated heterocycles. The molecule has 0 bridgehead atoms. The molecule has 0 unspecified atom stereocenters. The molecule has 0 radical (unpaired) electrons. The number of carbonyl (C=O) groups is 4. The molecule has 9 heteroatoms. The Labute approximate surface area is 205 Å². The van der Waals surface area contributed by atoms with Gasteiger partial charge in [0, 0.05) is 31.1 Å². The first-order valence-electron chi connectivity index (χ1n) is 12.7. The van der Waals surface area contributed by atoms with Gasteiger partial charge in [0.2, 0.25) is 5.78 Å². The number of hydrogen-bond acceptors (Lipinski definition) is 9. The molecule has 4 rings (SSSR count). The Morgan fingerprint density at radius 2 is 1.57 bits per heavy atom. The third-order valence-corrected chi connectivity index (χ3v) is 10.4. The van der Waals surface area contributed by atoms with Gasteiger partial charge in [0.05, 0.1) is 0 Å². The molecule has 4 aliphatic carbocycles. The monoisotopic (exact) mass is 494 g/mol. The van der Waals surface area contributed by atoms with Gasteiger partial charge in [0.1, 0.15) is 23.4 Å². The van der Waals surface area contributed by atoms with Gasteiger partial charge in [-0.05, 0) is 62.7 Å². The molecule has 4 fully saturated rings. The number of hydrogen-bond donors (Lipinski definition) is 2. The van der Waals surface area contributed by atoms with Crippen LogP contribution in [-0.2, 0) is 33.4 Å². The first kappa shape index (κ1) is 26.1. The van der Waals surface area contributed by atoms with E-state index in [1.54, 1.807) is 0 Å². The standard InChI is InChI=1S/C26H38O9/c1-15(28)33-13-21(30)25(31)10-7-20-18-11-22(34-14-27)26(32)12-17(35-16(2)29)5-8-24(26,4)19(18)6-9-23(20,25)3/h14,17-20,22,31-32H,5-13H2,1-4H3/t17-,18-,19+,20-,22+,23+,24-,25+,26+/m1/s1. The molecule has 9 atom stereocenters. The number of ketones is 1. The maximum Gasteiger partial charge on any atom is 0.303 e. The van der Waals surface area contributed by atoms with Crippen molar-refractivity contribution in [3.05, 3.63) is 0 Å². The summed E-state index contributed by atoms with van der Waals surface area (Å²) in [4.78, 5) is 47.4. The fourth-order valence-electron chi connectivity index (χ4n) is 8.55. The van der Waals surface area contributed by atoms with E-state index in [0.29, 0.717) is 45.0 Å². The number of esters is 2. The molecule has 2 N–H and O–H groups in total. The summed E-state index contributed by atoms with van der Waals surface area (Å²) in [6, 6.07) is 0. The predicted octanol–water partition coefficient (Wildman–Crippen LogP) is 2.09. The predicted molar refractivity (Wildman–Crippen MR) is 122 cm³/mol. The Kier molecular flexibility index (Phi) is 6.58. The van der Waals surface area contributed by atoms with Gasteiger partial charge in [-0.3, -0.25) is 19.2 Å². The lowest BCUT2D eigenvalue weighted by molar-refractivity contribution is -0.271. The Bertz CT molecular complexity index is 903. The van der Waals surface area contributed by atoms with E-state index < -0.39 is 58.6 Å². The summed E-state index contributed by atoms with van der Waals surface area (Å²) in [5.74, 6) is -1.33. The van der Waals surface area contributed by atoms with E-state index in [1.807, 2.05) is 13.8 Å². The molecule has 35 heavy (non-hydrogen) atoms. The molecule has 196 valence electrons. The fraction of sp³-hybridized carbons (Fsp3) is 0.846. The molecule has 0 aromatic rings. The lowest BCUT2D eigenvalue weighted by atomic mass is 9.42. The van der Waals surface area contributed by atoms with Crippen molar-refractivity contribution < 1.29 is 43.6 Å². The van der Waals surface area contributed by atoms with Crippen LogP contribution < -0.4 is 0 Å². The maximum absolute atomic E-state index is 13.0. The second-order valence-electron chi connectivity index (χ2n) is 11.7. The van der Waals surface area contributed by atoms with E-state index in [4.69, 9.17) is 14.2 Å². The molecule has 0 amide bonds. The first-order valence-corrected chi connectivity index (χ1v) is 12.7. The summed E-state index contributed by atoms with van der Waals surface area (Å²) in [6.07, 6.45) is 2.83. The van der Waals surface area contributed by atoms with Gasteiger partial charge in [-0.1, -0.05) is 13.8 Å². The molecule has 0 aromatic carbocycles. The smallest absolute Gasteiger partial charge is 0.303 e. The Morgan fingerprint density at radius 3 is 2.20 bits per heavy atom. The maximum atomic E-state index is 13.0. The van der Waals surface area contributed by atoms with Gasteiger partial charge in [-0.2, -0.15) is 0 Å². The van der Waals surface area contributed by atoms with Gasteiger partial charge in [-0.15, -0.1) is 0 Å². The zero-order valence-electron chi connectivity index (χ0n) is 21.1. The van der Waals surface area contributed by atoms with Gasteiger partial charge in [-0.25, -0.2) is 0 Å². The van der Waals surface area contributed by atoms with Crippen molar-refractivity contribution >= 4 is 24.2 Å². The third kappa shape index (κ3) is 3.80. The Hall–Kier alpha value is -2.00. The summed E-state index contributed by atoms with van der Waals surface area (Å²) >= 11 is 0. The lowest BCUT2D eigenvalue weighted by Crippen LogP contribution is -2.70. The minimum atomic E-state index is -1.60. The van der Waals surface area contributed by atoms with Crippen LogP contribution in [0.25, 0.3) is 0 Å². The van der Waals surface area contributed by atoms with Gasteiger partial charge < -0.3 is 24.4 Å². The first-order chi connectivity index (χ1) is 16.3. The zero-order valence-corrected chi connectivity index (χ0v) is 21.1. The highest BCUT2D eigenvalue weighted by Gasteiger charge is 2.71. The van der Waals surface area contributed by atoms with Gasteiger partial charge in [0.15, 0.2) is 6.61 Å². The van der Waals surface area contributed by atoms with Crippen molar-refractivity contribution in [2.24, 2.45) is 28.6 Å². The number of carbonyl (C=O) groups excluding carboxylic acids is 4. The number of Topliss-reactive ketones (excluding diaryl/α,β-unsaturated/α-hetero) is 1. The van der Waals surface area contributed by atoms with E-state index >= 15 is 0 Å². The number of fused-ring (bicyclic) bond motifs is 5. The van der Waals surface area contributed by atoms with Crippen LogP contribution >= 0.6 is 0 Å². The van der Waals surface area contributed by atoms with Crippen LogP contribution in [-0.4, -0.2) is 64.4 Å². The van der Waals surface area contributed by atoms with Crippen LogP contribution in [0, 0.1) is 28.6 Å². The largest absolute Gasteiger partial charge is 0.462 e. The number of ether oxygens (including phenoxy) is 3. The molecule has 0 aliphatic heterocycles. The van der Waals surface area contributed by atoms with Crippen LogP contribution in [0.1, 0.15) is 79.1 Å². The minimum Gasteiger partial charge on any atom is -0.462 e. The quantitative estimate of drug-likeness (QED) is 0.323. The molecule has 9 nitrogen and oxygen atoms in total. The average molecular weight is 495 g/mol. The van der Waals surface area contributed by atoms with Crippen LogP contribution in [0.4, 0.5) is 0 Å². The van der Waals surface area contributed by atoms with E-state index in [-0.39, 0.29) is 30.6 Å². The summed E-state index contributed by atoms with van der Waals surface area (Å²) < 4.78 is 15.9. The molecule has 0 heterocycles. The molecular formula is C26H38O9. The Balaban J connectivity index is 1.65. The zero-order chi connectivity index (χ0) is 25.8. The molecule has 0 spiro atoms. The third-order valence-electron chi connectivity index (χ3n) is 10.4. The average Bonchev–Trinajstić information content (AvgIpc) is 3.05. The van der Waals surface area contributed by atoms with Crippen molar-refractivity contribution in [3.8, 4) is 0 Å². The fourth-order valence-corrected chi connectivity index (χ4v) is 8.55. The van der Waals surface area contributed by atoms with E-state index in [0.717, 1.165) is 0 Å². The highest BCUT2D eigenvalue weighted by Crippen LogP contribution is 2.69. The molecule has 4 saturated carbocycles. The van der Waals surface area contributed by atoms with Crippen molar-refractivity contribution in [2.75, 3.05) is 6.61 Å². The lowest BCUT2D eigenvalue weighted by Gasteiger charge is -2.65. The highest BCUT2D eigenvalue weighted by atomic mass is 16.6. The summed E-state index contributed by atoms with van der Waals surface area (Å²) in [6.45, 7) is 6.49. The van der Waals surface area contributed by atoms with Crippen molar-refractivity contribution in [2.45, 2.75) is 102 Å². The second-order valence-corrected chi connectivity index (χ2v) is 11.7. The summed E-state index contributed by atoms with van der Waals surface area (Å²) in [5.41, 5.74) is -4.23. The van der Waals surface area contributed by atoms with E-state index in [1.165, 1.54) is 13.8 Å². The van der Waals surface area contributed by atoms with Crippen molar-refractivity contribution in [1.82, 2.24) is 0 Å². The molecule has 4 aliphatic rings.